The van der Waals surface area contributed by atoms with E-state index in [9.17, 15) is 0 Å². The first-order chi connectivity index (χ1) is 27.7. The number of rotatable bonds is 6. The maximum absolute atomic E-state index is 6.46. The van der Waals surface area contributed by atoms with Gasteiger partial charge in [0.15, 0.2) is 23.3 Å². The Labute approximate surface area is 325 Å². The standard InChI is InChI=1S/C49H29N5OS/c1-5-13-30(14-6-1)43-45-44(51-46(50-43)31-15-7-2-8-16-31)38-25-21-35(29-42(38)56-45)34-23-26-40-39(27-34)37-24-22-36(28-41(37)55-40)49-53-47(32-17-9-3-10-18-32)52-48(54-49)33-19-11-4-12-20-33/h1-29H. The van der Waals surface area contributed by atoms with E-state index in [0.717, 1.165) is 92.7 Å². The quantitative estimate of drug-likeness (QED) is 0.169. The molecule has 4 heterocycles. The highest BCUT2D eigenvalue weighted by Crippen LogP contribution is 2.42. The van der Waals surface area contributed by atoms with Crippen LogP contribution in [0.15, 0.2) is 180 Å². The van der Waals surface area contributed by atoms with Crippen molar-refractivity contribution in [1.82, 2.24) is 24.9 Å². The summed E-state index contributed by atoms with van der Waals surface area (Å²) in [5.41, 5.74) is 10.6. The van der Waals surface area contributed by atoms with Crippen LogP contribution in [0.4, 0.5) is 0 Å². The Balaban J connectivity index is 0.999. The molecule has 0 aliphatic heterocycles. The van der Waals surface area contributed by atoms with Crippen molar-refractivity contribution in [2.75, 3.05) is 0 Å². The zero-order chi connectivity index (χ0) is 37.0. The third-order valence-electron chi connectivity index (χ3n) is 10.2. The Morgan fingerprint density at radius 1 is 0.339 bits per heavy atom. The molecule has 11 aromatic rings. The summed E-state index contributed by atoms with van der Waals surface area (Å²) in [7, 11) is 0. The summed E-state index contributed by atoms with van der Waals surface area (Å²) in [4.78, 5) is 24.9. The second-order valence-electron chi connectivity index (χ2n) is 13.7. The van der Waals surface area contributed by atoms with E-state index in [0.29, 0.717) is 17.5 Å². The molecule has 0 N–H and O–H groups in total. The lowest BCUT2D eigenvalue weighted by Crippen LogP contribution is -2.00. The molecule has 0 aliphatic rings. The third kappa shape index (κ3) is 5.61. The van der Waals surface area contributed by atoms with Crippen molar-refractivity contribution in [1.29, 1.82) is 0 Å². The fourth-order valence-corrected chi connectivity index (χ4v) is 8.56. The zero-order valence-corrected chi connectivity index (χ0v) is 30.6. The van der Waals surface area contributed by atoms with Gasteiger partial charge in [0, 0.05) is 48.7 Å². The number of furan rings is 1. The lowest BCUT2D eigenvalue weighted by atomic mass is 10.0. The van der Waals surface area contributed by atoms with Crippen molar-refractivity contribution >= 4 is 53.6 Å². The average Bonchev–Trinajstić information content (AvgIpc) is 3.84. The molecule has 0 fully saturated rings. The fourth-order valence-electron chi connectivity index (χ4n) is 7.36. The van der Waals surface area contributed by atoms with Crippen LogP contribution in [0.2, 0.25) is 0 Å². The minimum atomic E-state index is 0.591. The van der Waals surface area contributed by atoms with Gasteiger partial charge in [0.2, 0.25) is 0 Å². The van der Waals surface area contributed by atoms with E-state index in [-0.39, 0.29) is 0 Å². The number of fused-ring (bicyclic) bond motifs is 6. The van der Waals surface area contributed by atoms with Gasteiger partial charge in [0.05, 0.1) is 15.9 Å². The van der Waals surface area contributed by atoms with Crippen LogP contribution in [0.25, 0.3) is 110 Å². The van der Waals surface area contributed by atoms with Crippen molar-refractivity contribution in [3.05, 3.63) is 176 Å². The number of thiophene rings is 1. The molecule has 7 heteroatoms. The average molecular weight is 736 g/mol. The Morgan fingerprint density at radius 3 is 1.46 bits per heavy atom. The lowest BCUT2D eigenvalue weighted by Gasteiger charge is -2.08. The molecule has 0 radical (unpaired) electrons. The van der Waals surface area contributed by atoms with Crippen molar-refractivity contribution in [2.24, 2.45) is 0 Å². The van der Waals surface area contributed by atoms with Gasteiger partial charge in [-0.2, -0.15) is 0 Å². The normalized spacial score (nSPS) is 11.6. The van der Waals surface area contributed by atoms with Crippen LogP contribution in [0.3, 0.4) is 0 Å². The highest BCUT2D eigenvalue weighted by molar-refractivity contribution is 7.26. The predicted octanol–water partition coefficient (Wildman–Crippen LogP) is 12.9. The molecular formula is C49H29N5OS. The molecular weight excluding hydrogens is 707 g/mol. The molecule has 11 rings (SSSR count). The first-order valence-electron chi connectivity index (χ1n) is 18.4. The second kappa shape index (κ2) is 13.2. The predicted molar refractivity (Wildman–Crippen MR) is 228 cm³/mol. The lowest BCUT2D eigenvalue weighted by molar-refractivity contribution is 0.669. The summed E-state index contributed by atoms with van der Waals surface area (Å²) in [6.45, 7) is 0. The van der Waals surface area contributed by atoms with Gasteiger partial charge < -0.3 is 4.42 Å². The highest BCUT2D eigenvalue weighted by Gasteiger charge is 2.18. The van der Waals surface area contributed by atoms with Gasteiger partial charge in [-0.05, 0) is 41.5 Å². The number of aromatic nitrogens is 5. The van der Waals surface area contributed by atoms with Crippen LogP contribution < -0.4 is 0 Å². The number of hydrogen-bond donors (Lipinski definition) is 0. The molecule has 4 aromatic heterocycles. The Hall–Kier alpha value is -7.35. The third-order valence-corrected chi connectivity index (χ3v) is 11.3. The van der Waals surface area contributed by atoms with Gasteiger partial charge in [-0.25, -0.2) is 24.9 Å². The summed E-state index contributed by atoms with van der Waals surface area (Å²) in [6.07, 6.45) is 0. The topological polar surface area (TPSA) is 77.6 Å². The first-order valence-corrected chi connectivity index (χ1v) is 19.2. The Kier molecular flexibility index (Phi) is 7.57. The molecule has 0 atom stereocenters. The molecule has 262 valence electrons. The summed E-state index contributed by atoms with van der Waals surface area (Å²) in [5.74, 6) is 2.57. The SMILES string of the molecule is c1ccc(-c2nc(-c3ccccc3)nc(-c3ccc4c(c3)oc3ccc(-c5ccc6c(c5)sc5c(-c7ccccc7)nc(-c7ccccc7)nc56)cc34)n2)cc1. The van der Waals surface area contributed by atoms with Crippen molar-refractivity contribution in [3.8, 4) is 67.9 Å². The van der Waals surface area contributed by atoms with E-state index in [1.165, 1.54) is 0 Å². The van der Waals surface area contributed by atoms with Crippen LogP contribution in [0, 0.1) is 0 Å². The summed E-state index contributed by atoms with van der Waals surface area (Å²) >= 11 is 1.74. The van der Waals surface area contributed by atoms with Gasteiger partial charge in [-0.3, -0.25) is 0 Å². The Morgan fingerprint density at radius 2 is 0.839 bits per heavy atom. The van der Waals surface area contributed by atoms with E-state index in [1.54, 1.807) is 11.3 Å². The van der Waals surface area contributed by atoms with E-state index in [1.807, 2.05) is 91.0 Å². The summed E-state index contributed by atoms with van der Waals surface area (Å²) < 4.78 is 8.71. The van der Waals surface area contributed by atoms with Crippen LogP contribution >= 0.6 is 11.3 Å². The number of hydrogen-bond acceptors (Lipinski definition) is 7. The molecule has 0 amide bonds. The Bertz CT molecular complexity index is 3180. The van der Waals surface area contributed by atoms with E-state index in [4.69, 9.17) is 29.3 Å². The monoisotopic (exact) mass is 735 g/mol. The minimum Gasteiger partial charge on any atom is -0.456 e. The van der Waals surface area contributed by atoms with Gasteiger partial charge in [0.1, 0.15) is 11.2 Å². The van der Waals surface area contributed by atoms with Gasteiger partial charge >= 0.3 is 0 Å². The molecule has 7 aromatic carbocycles. The van der Waals surface area contributed by atoms with Gasteiger partial charge in [-0.15, -0.1) is 11.3 Å². The molecule has 0 unspecified atom stereocenters. The molecule has 0 aliphatic carbocycles. The van der Waals surface area contributed by atoms with Gasteiger partial charge in [0.25, 0.3) is 0 Å². The summed E-state index contributed by atoms with van der Waals surface area (Å²) in [6, 6.07) is 59.9. The van der Waals surface area contributed by atoms with Crippen LogP contribution in [-0.2, 0) is 0 Å². The fraction of sp³-hybridized carbons (Fsp3) is 0. The maximum atomic E-state index is 6.46. The van der Waals surface area contributed by atoms with Crippen molar-refractivity contribution in [2.45, 2.75) is 0 Å². The smallest absolute Gasteiger partial charge is 0.164 e. The summed E-state index contributed by atoms with van der Waals surface area (Å²) in [5, 5.41) is 3.21. The maximum Gasteiger partial charge on any atom is 0.164 e. The number of nitrogens with zero attached hydrogens (tertiary/aromatic N) is 5. The minimum absolute atomic E-state index is 0.591. The van der Waals surface area contributed by atoms with Crippen LogP contribution in [0.1, 0.15) is 0 Å². The molecule has 0 bridgehead atoms. The van der Waals surface area contributed by atoms with Crippen LogP contribution in [0.5, 0.6) is 0 Å². The van der Waals surface area contributed by atoms with E-state index < -0.39 is 0 Å². The van der Waals surface area contributed by atoms with E-state index >= 15 is 0 Å². The molecule has 0 saturated heterocycles. The molecule has 6 nitrogen and oxygen atoms in total. The van der Waals surface area contributed by atoms with Crippen molar-refractivity contribution < 1.29 is 4.42 Å². The highest BCUT2D eigenvalue weighted by atomic mass is 32.1. The largest absolute Gasteiger partial charge is 0.456 e. The van der Waals surface area contributed by atoms with Crippen LogP contribution in [-0.4, -0.2) is 24.9 Å². The molecule has 0 spiro atoms. The molecule has 56 heavy (non-hydrogen) atoms. The van der Waals surface area contributed by atoms with Gasteiger partial charge in [-0.1, -0.05) is 146 Å². The molecule has 0 saturated carbocycles. The number of benzene rings is 7. The zero-order valence-electron chi connectivity index (χ0n) is 29.8. The van der Waals surface area contributed by atoms with E-state index in [2.05, 4.69) is 84.9 Å². The van der Waals surface area contributed by atoms with Crippen molar-refractivity contribution in [3.63, 3.8) is 0 Å². The second-order valence-corrected chi connectivity index (χ2v) is 14.7. The first kappa shape index (κ1) is 32.1.